The monoisotopic (exact) mass is 411 g/mol. The Labute approximate surface area is 172 Å². The number of rotatable bonds is 2. The summed E-state index contributed by atoms with van der Waals surface area (Å²) in [6, 6.07) is 3.54. The van der Waals surface area contributed by atoms with Crippen LogP contribution in [0.3, 0.4) is 0 Å². The highest BCUT2D eigenvalue weighted by Crippen LogP contribution is 2.37. The number of amides is 1. The second kappa shape index (κ2) is 6.45. The fourth-order valence-corrected chi connectivity index (χ4v) is 3.76. The standard InChI is InChI=1S/C20H22ClN7O/c1-9-10-6-12(21)11(19(29)23-5)7-13(10)26-15(9)16-14-17(22)24-8-25-18(14)28(27-16)20(2,3)4/h6-8,26H,1-5H3,(H,23,29)(H2,22,24,25). The first kappa shape index (κ1) is 19.2. The number of hydrogen-bond acceptors (Lipinski definition) is 5. The molecule has 4 aromatic rings. The SMILES string of the molecule is CNC(=O)c1cc2[nH]c(-c3nn(C(C)(C)C)c4ncnc(N)c34)c(C)c2cc1Cl. The van der Waals surface area contributed by atoms with Crippen LogP contribution in [-0.2, 0) is 5.54 Å². The van der Waals surface area contributed by atoms with Crippen molar-refractivity contribution in [3.8, 4) is 11.4 Å². The zero-order valence-electron chi connectivity index (χ0n) is 16.9. The van der Waals surface area contributed by atoms with Crippen molar-refractivity contribution >= 4 is 45.3 Å². The predicted octanol–water partition coefficient (Wildman–Crippen LogP) is 3.63. The van der Waals surface area contributed by atoms with Gasteiger partial charge in [0.25, 0.3) is 5.91 Å². The number of nitrogens with one attached hydrogen (secondary N) is 2. The van der Waals surface area contributed by atoms with Gasteiger partial charge < -0.3 is 16.0 Å². The zero-order chi connectivity index (χ0) is 21.1. The molecule has 1 aromatic carbocycles. The van der Waals surface area contributed by atoms with Crippen molar-refractivity contribution in [3.05, 3.63) is 34.6 Å². The minimum Gasteiger partial charge on any atom is -0.383 e. The number of aromatic nitrogens is 5. The summed E-state index contributed by atoms with van der Waals surface area (Å²) in [5.74, 6) is 0.119. The minimum atomic E-state index is -0.299. The third-order valence-corrected chi connectivity index (χ3v) is 5.30. The summed E-state index contributed by atoms with van der Waals surface area (Å²) in [6.07, 6.45) is 1.44. The largest absolute Gasteiger partial charge is 0.383 e. The Morgan fingerprint density at radius 3 is 2.66 bits per heavy atom. The summed E-state index contributed by atoms with van der Waals surface area (Å²) in [4.78, 5) is 24.1. The number of nitrogen functional groups attached to an aromatic ring is 1. The molecule has 0 bridgehead atoms. The van der Waals surface area contributed by atoms with Crippen molar-refractivity contribution in [2.45, 2.75) is 33.2 Å². The number of nitrogens with two attached hydrogens (primary N) is 1. The number of aromatic amines is 1. The number of carbonyl (C=O) groups excluding carboxylic acids is 1. The van der Waals surface area contributed by atoms with E-state index in [2.05, 4.69) is 41.0 Å². The molecule has 0 fully saturated rings. The first-order chi connectivity index (χ1) is 13.6. The van der Waals surface area contributed by atoms with Crippen LogP contribution in [0, 0.1) is 6.92 Å². The van der Waals surface area contributed by atoms with E-state index in [1.165, 1.54) is 6.33 Å². The van der Waals surface area contributed by atoms with Crippen LogP contribution in [0.4, 0.5) is 5.82 Å². The number of aryl methyl sites for hydroxylation is 1. The number of carbonyl (C=O) groups is 1. The summed E-state index contributed by atoms with van der Waals surface area (Å²) in [5.41, 5.74) is 10.2. The van der Waals surface area contributed by atoms with Crippen LogP contribution in [0.2, 0.25) is 5.02 Å². The van der Waals surface area contributed by atoms with E-state index in [9.17, 15) is 4.79 Å². The Bertz CT molecular complexity index is 1280. The molecule has 4 N–H and O–H groups in total. The number of halogens is 1. The van der Waals surface area contributed by atoms with Crippen LogP contribution in [-0.4, -0.2) is 37.7 Å². The lowest BCUT2D eigenvalue weighted by molar-refractivity contribution is 0.0963. The summed E-state index contributed by atoms with van der Waals surface area (Å²) in [5, 5.41) is 9.43. The fourth-order valence-electron chi connectivity index (χ4n) is 3.51. The van der Waals surface area contributed by atoms with E-state index in [0.717, 1.165) is 22.2 Å². The number of nitrogens with zero attached hydrogens (tertiary/aromatic N) is 4. The molecule has 4 rings (SSSR count). The Kier molecular flexibility index (Phi) is 4.27. The van der Waals surface area contributed by atoms with Crippen molar-refractivity contribution in [1.82, 2.24) is 30.0 Å². The molecule has 0 spiro atoms. The lowest BCUT2D eigenvalue weighted by atomic mass is 10.1. The molecule has 1 amide bonds. The number of benzene rings is 1. The van der Waals surface area contributed by atoms with E-state index < -0.39 is 0 Å². The van der Waals surface area contributed by atoms with E-state index in [0.29, 0.717) is 33.1 Å². The number of fused-ring (bicyclic) bond motifs is 2. The fraction of sp³-hybridized carbons (Fsp3) is 0.300. The molecular formula is C20H22ClN7O. The van der Waals surface area contributed by atoms with E-state index >= 15 is 0 Å². The quantitative estimate of drug-likeness (QED) is 0.466. The maximum atomic E-state index is 12.1. The third-order valence-electron chi connectivity index (χ3n) is 4.98. The van der Waals surface area contributed by atoms with Gasteiger partial charge in [0.15, 0.2) is 5.65 Å². The third kappa shape index (κ3) is 2.91. The number of H-pyrrole nitrogens is 1. The average Bonchev–Trinajstić information content (AvgIpc) is 3.20. The van der Waals surface area contributed by atoms with Gasteiger partial charge in [-0.05, 0) is 45.4 Å². The maximum Gasteiger partial charge on any atom is 0.252 e. The maximum absolute atomic E-state index is 12.1. The summed E-state index contributed by atoms with van der Waals surface area (Å²) < 4.78 is 1.85. The van der Waals surface area contributed by atoms with Gasteiger partial charge in [0, 0.05) is 18.0 Å². The van der Waals surface area contributed by atoms with Gasteiger partial charge in [-0.3, -0.25) is 4.79 Å². The van der Waals surface area contributed by atoms with Crippen molar-refractivity contribution in [2.75, 3.05) is 12.8 Å². The first-order valence-electron chi connectivity index (χ1n) is 9.17. The molecular weight excluding hydrogens is 390 g/mol. The molecule has 0 aliphatic carbocycles. The summed E-state index contributed by atoms with van der Waals surface area (Å²) in [7, 11) is 1.57. The molecule has 150 valence electrons. The van der Waals surface area contributed by atoms with E-state index in [-0.39, 0.29) is 11.4 Å². The first-order valence-corrected chi connectivity index (χ1v) is 9.55. The lowest BCUT2D eigenvalue weighted by Crippen LogP contribution is -2.23. The van der Waals surface area contributed by atoms with Gasteiger partial charge in [0.2, 0.25) is 0 Å². The van der Waals surface area contributed by atoms with Crippen molar-refractivity contribution in [3.63, 3.8) is 0 Å². The molecule has 0 unspecified atom stereocenters. The number of anilines is 1. The second-order valence-corrected chi connectivity index (χ2v) is 8.38. The molecule has 0 aliphatic rings. The highest BCUT2D eigenvalue weighted by Gasteiger charge is 2.26. The van der Waals surface area contributed by atoms with Crippen LogP contribution in [0.15, 0.2) is 18.5 Å². The lowest BCUT2D eigenvalue weighted by Gasteiger charge is -2.19. The van der Waals surface area contributed by atoms with Gasteiger partial charge in [0.05, 0.1) is 27.2 Å². The van der Waals surface area contributed by atoms with Crippen LogP contribution < -0.4 is 11.1 Å². The van der Waals surface area contributed by atoms with Gasteiger partial charge in [-0.15, -0.1) is 0 Å². The molecule has 9 heteroatoms. The minimum absolute atomic E-state index is 0.245. The topological polar surface area (TPSA) is 115 Å². The molecule has 0 atom stereocenters. The van der Waals surface area contributed by atoms with Gasteiger partial charge in [-0.1, -0.05) is 11.6 Å². The molecule has 8 nitrogen and oxygen atoms in total. The molecule has 29 heavy (non-hydrogen) atoms. The predicted molar refractivity (Wildman–Crippen MR) is 115 cm³/mol. The summed E-state index contributed by atoms with van der Waals surface area (Å²) in [6.45, 7) is 8.13. The molecule has 3 aromatic heterocycles. The number of hydrogen-bond donors (Lipinski definition) is 3. The Hall–Kier alpha value is -3.13. The summed E-state index contributed by atoms with van der Waals surface area (Å²) >= 11 is 6.35. The van der Waals surface area contributed by atoms with Crippen LogP contribution in [0.25, 0.3) is 33.3 Å². The van der Waals surface area contributed by atoms with E-state index in [1.54, 1.807) is 19.2 Å². The smallest absolute Gasteiger partial charge is 0.252 e. The van der Waals surface area contributed by atoms with E-state index in [1.807, 2.05) is 11.6 Å². The normalized spacial score (nSPS) is 12.1. The highest BCUT2D eigenvalue weighted by atomic mass is 35.5. The van der Waals surface area contributed by atoms with Crippen LogP contribution in [0.1, 0.15) is 36.7 Å². The molecule has 0 saturated carbocycles. The zero-order valence-corrected chi connectivity index (χ0v) is 17.6. The highest BCUT2D eigenvalue weighted by molar-refractivity contribution is 6.34. The second-order valence-electron chi connectivity index (χ2n) is 7.97. The average molecular weight is 412 g/mol. The van der Waals surface area contributed by atoms with Gasteiger partial charge >= 0.3 is 0 Å². The van der Waals surface area contributed by atoms with Gasteiger partial charge in [-0.25, -0.2) is 14.6 Å². The molecule has 0 aliphatic heterocycles. The Morgan fingerprint density at radius 1 is 1.28 bits per heavy atom. The van der Waals surface area contributed by atoms with Gasteiger partial charge in [-0.2, -0.15) is 5.10 Å². The Balaban J connectivity index is 2.04. The van der Waals surface area contributed by atoms with Gasteiger partial charge in [0.1, 0.15) is 17.8 Å². The van der Waals surface area contributed by atoms with Crippen LogP contribution in [0.5, 0.6) is 0 Å². The van der Waals surface area contributed by atoms with Crippen LogP contribution >= 0.6 is 11.6 Å². The Morgan fingerprint density at radius 2 is 2.00 bits per heavy atom. The molecule has 0 radical (unpaired) electrons. The molecule has 0 saturated heterocycles. The van der Waals surface area contributed by atoms with Crippen molar-refractivity contribution in [1.29, 1.82) is 0 Å². The van der Waals surface area contributed by atoms with Crippen molar-refractivity contribution < 1.29 is 4.79 Å². The van der Waals surface area contributed by atoms with Crippen molar-refractivity contribution in [2.24, 2.45) is 0 Å². The van der Waals surface area contributed by atoms with E-state index in [4.69, 9.17) is 22.4 Å². The molecule has 3 heterocycles.